The van der Waals surface area contributed by atoms with Crippen molar-refractivity contribution in [1.82, 2.24) is 24.5 Å². The van der Waals surface area contributed by atoms with Crippen molar-refractivity contribution in [2.24, 2.45) is 11.3 Å². The highest BCUT2D eigenvalue weighted by Crippen LogP contribution is 2.42. The second kappa shape index (κ2) is 14.8. The van der Waals surface area contributed by atoms with Crippen molar-refractivity contribution in [3.8, 4) is 0 Å². The summed E-state index contributed by atoms with van der Waals surface area (Å²) in [7, 11) is 0. The normalized spacial score (nSPS) is 30.2. The Balaban J connectivity index is 1.32. The van der Waals surface area contributed by atoms with Crippen molar-refractivity contribution in [2.75, 3.05) is 59.0 Å². The third-order valence-corrected chi connectivity index (χ3v) is 12.7. The molecule has 5 fully saturated rings. The summed E-state index contributed by atoms with van der Waals surface area (Å²) in [6.45, 7) is 19.8. The molecule has 0 aromatic heterocycles. The van der Waals surface area contributed by atoms with E-state index in [2.05, 4.69) is 68.4 Å². The van der Waals surface area contributed by atoms with Gasteiger partial charge in [-0.15, -0.1) is 0 Å². The summed E-state index contributed by atoms with van der Waals surface area (Å²) in [5.41, 5.74) is 1.24. The zero-order valence-corrected chi connectivity index (χ0v) is 31.6. The Bertz CT molecular complexity index is 1320. The number of carbonyl (C=O) groups is 3. The first-order chi connectivity index (χ1) is 23.3. The molecule has 1 aromatic carbocycles. The molecule has 9 nitrogen and oxygen atoms in total. The monoisotopic (exact) mass is 697 g/mol. The Labute approximate surface area is 299 Å². The minimum Gasteiger partial charge on any atom is -0.368 e. The van der Waals surface area contributed by atoms with Crippen LogP contribution in [0.25, 0.3) is 0 Å². The van der Waals surface area contributed by atoms with E-state index in [9.17, 15) is 9.59 Å². The van der Waals surface area contributed by atoms with E-state index in [-0.39, 0.29) is 52.6 Å². The molecular weight excluding hydrogens is 638 g/mol. The fourth-order valence-corrected chi connectivity index (χ4v) is 9.24. The van der Waals surface area contributed by atoms with Gasteiger partial charge in [0.1, 0.15) is 12.1 Å². The molecule has 1 saturated carbocycles. The number of benzene rings is 1. The fourth-order valence-electron chi connectivity index (χ4n) is 9.11. The lowest BCUT2D eigenvalue weighted by Gasteiger charge is -2.43. The zero-order valence-electron chi connectivity index (χ0n) is 30.8. The van der Waals surface area contributed by atoms with Gasteiger partial charge in [0.15, 0.2) is 0 Å². The van der Waals surface area contributed by atoms with E-state index in [1.165, 1.54) is 0 Å². The van der Waals surface area contributed by atoms with Crippen molar-refractivity contribution in [3.63, 3.8) is 0 Å². The maximum Gasteiger partial charge on any atom is 0.252 e. The average molecular weight is 698 g/mol. The van der Waals surface area contributed by atoms with Gasteiger partial charge in [0.05, 0.1) is 12.0 Å². The quantitative estimate of drug-likeness (QED) is 0.387. The number of carbonyl (C=O) groups excluding carboxylic acids is 3. The third-order valence-electron chi connectivity index (χ3n) is 12.4. The first-order valence-electron chi connectivity index (χ1n) is 19.0. The summed E-state index contributed by atoms with van der Waals surface area (Å²) in [5.74, 6) is -0.187. The summed E-state index contributed by atoms with van der Waals surface area (Å²) in [6.07, 6.45) is 5.67. The van der Waals surface area contributed by atoms with Crippen molar-refractivity contribution < 1.29 is 19.1 Å². The third kappa shape index (κ3) is 8.00. The van der Waals surface area contributed by atoms with Crippen LogP contribution in [0.3, 0.4) is 0 Å². The fraction of sp³-hybridized carbons (Fsp3) is 0.769. The molecule has 1 aliphatic carbocycles. The number of piperazine rings is 1. The van der Waals surface area contributed by atoms with Crippen molar-refractivity contribution in [3.05, 3.63) is 34.9 Å². The number of amides is 3. The topological polar surface area (TPSA) is 76.6 Å². The van der Waals surface area contributed by atoms with Crippen LogP contribution >= 0.6 is 11.6 Å². The first kappa shape index (κ1) is 36.6. The predicted octanol–water partition coefficient (Wildman–Crippen LogP) is 5.26. The lowest BCUT2D eigenvalue weighted by molar-refractivity contribution is -0.148. The van der Waals surface area contributed by atoms with Gasteiger partial charge in [0.2, 0.25) is 11.8 Å². The number of nitrogens with zero attached hydrogens (tertiary/aromatic N) is 5. The van der Waals surface area contributed by atoms with Gasteiger partial charge >= 0.3 is 0 Å². The molecule has 6 rings (SSSR count). The number of ether oxygens (including phenoxy) is 1. The Kier molecular flexibility index (Phi) is 11.1. The predicted molar refractivity (Wildman–Crippen MR) is 193 cm³/mol. The van der Waals surface area contributed by atoms with E-state index in [1.54, 1.807) is 0 Å². The highest BCUT2D eigenvalue weighted by Gasteiger charge is 2.51. The number of likely N-dealkylation sites (tertiary alicyclic amines) is 2. The molecule has 0 unspecified atom stereocenters. The molecule has 0 radical (unpaired) electrons. The van der Waals surface area contributed by atoms with E-state index in [4.69, 9.17) is 16.3 Å². The van der Waals surface area contributed by atoms with Crippen LogP contribution in [0.1, 0.15) is 98.0 Å². The largest absolute Gasteiger partial charge is 0.368 e. The smallest absolute Gasteiger partial charge is 0.252 e. The minimum absolute atomic E-state index is 0.0166. The maximum atomic E-state index is 15.1. The van der Waals surface area contributed by atoms with Gasteiger partial charge in [-0.05, 0) is 95.4 Å². The van der Waals surface area contributed by atoms with Crippen molar-refractivity contribution in [1.29, 1.82) is 0 Å². The number of likely N-dealkylation sites (N-methyl/N-ethyl adjacent to an activating group) is 1. The molecule has 10 heteroatoms. The lowest BCUT2D eigenvalue weighted by Crippen LogP contribution is -2.55. The van der Waals surface area contributed by atoms with E-state index in [1.807, 2.05) is 21.9 Å². The highest BCUT2D eigenvalue weighted by molar-refractivity contribution is 6.30. The molecule has 3 amide bonds. The van der Waals surface area contributed by atoms with Crippen LogP contribution < -0.4 is 0 Å². The molecule has 5 atom stereocenters. The van der Waals surface area contributed by atoms with Gasteiger partial charge in [-0.1, -0.05) is 44.5 Å². The van der Waals surface area contributed by atoms with Gasteiger partial charge in [0, 0.05) is 74.9 Å². The molecule has 272 valence electrons. The Morgan fingerprint density at radius 3 is 2.18 bits per heavy atom. The molecule has 4 aliphatic heterocycles. The summed E-state index contributed by atoms with van der Waals surface area (Å²) < 4.78 is 5.98. The van der Waals surface area contributed by atoms with Gasteiger partial charge in [-0.25, -0.2) is 0 Å². The van der Waals surface area contributed by atoms with Crippen molar-refractivity contribution in [2.45, 2.75) is 122 Å². The first-order valence-corrected chi connectivity index (χ1v) is 19.4. The number of hydrogen-bond acceptors (Lipinski definition) is 6. The van der Waals surface area contributed by atoms with Crippen LogP contribution in [-0.4, -0.2) is 131 Å². The SMILES string of the molecule is CCN1CCN(C(=O)[C@@H]2C[C@H](N(C(=O)[C@@H]3CCCO3)C3CCC(C)(C)CC3)CN2C(=O)[C@@H]2CN(C(C)(C)C)C[C@H]2c2ccc(Cl)cc2)CC1. The van der Waals surface area contributed by atoms with Crippen LogP contribution in [0.15, 0.2) is 24.3 Å². The maximum absolute atomic E-state index is 15.1. The molecular formula is C39H60ClN5O4. The van der Waals surface area contributed by atoms with Crippen LogP contribution in [0.4, 0.5) is 0 Å². The highest BCUT2D eigenvalue weighted by atomic mass is 35.5. The van der Waals surface area contributed by atoms with Crippen LogP contribution in [0.2, 0.25) is 5.02 Å². The van der Waals surface area contributed by atoms with E-state index < -0.39 is 12.1 Å². The molecule has 0 spiro atoms. The van der Waals surface area contributed by atoms with Crippen LogP contribution in [-0.2, 0) is 19.1 Å². The average Bonchev–Trinajstić information content (AvgIpc) is 3.86. The minimum atomic E-state index is -0.583. The van der Waals surface area contributed by atoms with Crippen LogP contribution in [0.5, 0.6) is 0 Å². The Morgan fingerprint density at radius 1 is 0.918 bits per heavy atom. The standard InChI is InChI=1S/C39H60ClN5O4/c1-7-41-18-20-42(21-19-41)36(47)33-23-30(45(37(48)34-9-8-22-49-34)29-14-16-39(5,6)17-15-29)24-44(33)35(46)32-26-43(38(2,3)4)25-31(32)27-10-12-28(40)13-11-27/h10-13,29-34H,7-9,14-26H2,1-6H3/t30-,31-,32+,33-,34-/m0/s1. The molecule has 0 N–H and O–H groups in total. The van der Waals surface area contributed by atoms with Gasteiger partial charge in [-0.3, -0.25) is 19.3 Å². The van der Waals surface area contributed by atoms with Gasteiger partial charge < -0.3 is 24.3 Å². The lowest BCUT2D eigenvalue weighted by atomic mass is 9.75. The number of rotatable bonds is 7. The Hall–Kier alpha value is -2.20. The summed E-state index contributed by atoms with van der Waals surface area (Å²) in [5, 5.41) is 0.676. The molecule has 4 heterocycles. The van der Waals surface area contributed by atoms with E-state index in [0.29, 0.717) is 44.2 Å². The summed E-state index contributed by atoms with van der Waals surface area (Å²) >= 11 is 6.29. The molecule has 49 heavy (non-hydrogen) atoms. The van der Waals surface area contributed by atoms with E-state index >= 15 is 4.79 Å². The Morgan fingerprint density at radius 2 is 1.59 bits per heavy atom. The van der Waals surface area contributed by atoms with Gasteiger partial charge in [0.25, 0.3) is 5.91 Å². The second-order valence-electron chi connectivity index (χ2n) is 17.1. The van der Waals surface area contributed by atoms with Gasteiger partial charge in [-0.2, -0.15) is 0 Å². The number of halogens is 1. The molecule has 0 bridgehead atoms. The van der Waals surface area contributed by atoms with E-state index in [0.717, 1.165) is 70.3 Å². The van der Waals surface area contributed by atoms with Crippen LogP contribution in [0, 0.1) is 11.3 Å². The molecule has 1 aromatic rings. The van der Waals surface area contributed by atoms with Crippen molar-refractivity contribution >= 4 is 29.3 Å². The molecule has 5 aliphatic rings. The zero-order chi connectivity index (χ0) is 35.1. The number of hydrogen-bond donors (Lipinski definition) is 0. The molecule has 4 saturated heterocycles. The summed E-state index contributed by atoms with van der Waals surface area (Å²) in [4.78, 5) is 54.8. The second-order valence-corrected chi connectivity index (χ2v) is 17.6. The summed E-state index contributed by atoms with van der Waals surface area (Å²) in [6, 6.07) is 7.22.